The molecule has 0 saturated heterocycles. The lowest BCUT2D eigenvalue weighted by atomic mass is 9.60. The molecule has 0 aromatic heterocycles. The SMILES string of the molecule is CNC12CCC(NC(=O)CCc3ccc(C)c(F)c3)(CC1)C(OCOC)C2. The van der Waals surface area contributed by atoms with Crippen LogP contribution in [-0.4, -0.2) is 44.0 Å². The highest BCUT2D eigenvalue weighted by atomic mass is 19.1. The lowest BCUT2D eigenvalue weighted by Gasteiger charge is -2.57. The topological polar surface area (TPSA) is 59.6 Å². The number of amides is 1. The van der Waals surface area contributed by atoms with Crippen LogP contribution >= 0.6 is 0 Å². The van der Waals surface area contributed by atoms with Crippen molar-refractivity contribution in [2.45, 2.75) is 69.1 Å². The van der Waals surface area contributed by atoms with Gasteiger partial charge >= 0.3 is 0 Å². The lowest BCUT2D eigenvalue weighted by molar-refractivity contribution is -0.157. The summed E-state index contributed by atoms with van der Waals surface area (Å²) in [6, 6.07) is 5.17. The van der Waals surface area contributed by atoms with E-state index in [2.05, 4.69) is 10.6 Å². The fraction of sp³-hybridized carbons (Fsp3) is 0.667. The van der Waals surface area contributed by atoms with E-state index in [1.54, 1.807) is 20.1 Å². The van der Waals surface area contributed by atoms with Crippen LogP contribution in [0.3, 0.4) is 0 Å². The van der Waals surface area contributed by atoms with Gasteiger partial charge in [0.05, 0.1) is 11.6 Å². The normalized spacial score (nSPS) is 29.7. The first-order valence-corrected chi connectivity index (χ1v) is 9.77. The van der Waals surface area contributed by atoms with Crippen molar-refractivity contribution in [3.05, 3.63) is 35.1 Å². The summed E-state index contributed by atoms with van der Waals surface area (Å²) in [6.45, 7) is 1.97. The van der Waals surface area contributed by atoms with Gasteiger partial charge in [0.1, 0.15) is 12.6 Å². The molecule has 0 spiro atoms. The van der Waals surface area contributed by atoms with E-state index in [4.69, 9.17) is 9.47 Å². The van der Waals surface area contributed by atoms with Crippen molar-refractivity contribution in [1.82, 2.24) is 10.6 Å². The van der Waals surface area contributed by atoms with Crippen molar-refractivity contribution in [2.24, 2.45) is 0 Å². The Balaban J connectivity index is 1.63. The summed E-state index contributed by atoms with van der Waals surface area (Å²) in [5, 5.41) is 6.74. The van der Waals surface area contributed by atoms with Crippen LogP contribution in [0.1, 0.15) is 49.7 Å². The number of hydrogen-bond acceptors (Lipinski definition) is 4. The summed E-state index contributed by atoms with van der Waals surface area (Å²) in [5.41, 5.74) is 1.24. The molecule has 1 amide bonds. The molecular weight excluding hydrogens is 347 g/mol. The number of carbonyl (C=O) groups is 1. The zero-order valence-electron chi connectivity index (χ0n) is 16.6. The Kier molecular flexibility index (Phi) is 6.18. The molecule has 2 bridgehead atoms. The predicted octanol–water partition coefficient (Wildman–Crippen LogP) is 2.85. The highest BCUT2D eigenvalue weighted by Crippen LogP contribution is 2.48. The minimum atomic E-state index is -0.327. The van der Waals surface area contributed by atoms with Gasteiger partial charge in [-0.1, -0.05) is 12.1 Å². The molecule has 6 heteroatoms. The second-order valence-electron chi connectivity index (χ2n) is 8.08. The maximum Gasteiger partial charge on any atom is 0.220 e. The van der Waals surface area contributed by atoms with Crippen LogP contribution in [0.15, 0.2) is 18.2 Å². The van der Waals surface area contributed by atoms with Crippen molar-refractivity contribution in [2.75, 3.05) is 21.0 Å². The number of benzene rings is 1. The summed E-state index contributed by atoms with van der Waals surface area (Å²) in [5.74, 6) is -0.219. The molecule has 3 fully saturated rings. The van der Waals surface area contributed by atoms with Crippen LogP contribution in [0.2, 0.25) is 0 Å². The van der Waals surface area contributed by atoms with Gasteiger partial charge in [0.2, 0.25) is 5.91 Å². The summed E-state index contributed by atoms with van der Waals surface area (Å²) < 4.78 is 24.8. The molecular formula is C21H31FN2O3. The summed E-state index contributed by atoms with van der Waals surface area (Å²) in [6.07, 6.45) is 5.53. The van der Waals surface area contributed by atoms with Crippen molar-refractivity contribution in [3.8, 4) is 0 Å². The van der Waals surface area contributed by atoms with Gasteiger partial charge in [-0.25, -0.2) is 4.39 Å². The second kappa shape index (κ2) is 8.25. The number of halogens is 1. The van der Waals surface area contributed by atoms with Gasteiger partial charge in [0.15, 0.2) is 0 Å². The Hall–Kier alpha value is -1.50. The molecule has 1 unspecified atom stereocenters. The summed E-state index contributed by atoms with van der Waals surface area (Å²) in [4.78, 5) is 12.7. The van der Waals surface area contributed by atoms with E-state index in [-0.39, 0.29) is 35.7 Å². The van der Waals surface area contributed by atoms with E-state index in [1.165, 1.54) is 6.07 Å². The van der Waals surface area contributed by atoms with E-state index in [1.807, 2.05) is 13.1 Å². The lowest BCUT2D eigenvalue weighted by Crippen LogP contribution is -2.69. The van der Waals surface area contributed by atoms with Crippen LogP contribution in [0.4, 0.5) is 4.39 Å². The predicted molar refractivity (Wildman–Crippen MR) is 102 cm³/mol. The van der Waals surface area contributed by atoms with Crippen LogP contribution in [0.5, 0.6) is 0 Å². The Morgan fingerprint density at radius 3 is 2.67 bits per heavy atom. The minimum absolute atomic E-state index is 0.000794. The van der Waals surface area contributed by atoms with Gasteiger partial charge in [-0.2, -0.15) is 0 Å². The molecule has 27 heavy (non-hydrogen) atoms. The van der Waals surface area contributed by atoms with Crippen molar-refractivity contribution in [1.29, 1.82) is 0 Å². The van der Waals surface area contributed by atoms with E-state index >= 15 is 0 Å². The Morgan fingerprint density at radius 1 is 1.30 bits per heavy atom. The maximum absolute atomic E-state index is 13.7. The Bertz CT molecular complexity index is 671. The quantitative estimate of drug-likeness (QED) is 0.683. The molecule has 3 saturated carbocycles. The van der Waals surface area contributed by atoms with E-state index in [0.717, 1.165) is 37.7 Å². The zero-order chi connectivity index (χ0) is 19.5. The molecule has 4 rings (SSSR count). The van der Waals surface area contributed by atoms with Crippen molar-refractivity contribution >= 4 is 5.91 Å². The average Bonchev–Trinajstić information content (AvgIpc) is 2.68. The van der Waals surface area contributed by atoms with Gasteiger partial charge in [-0.05, 0) is 69.7 Å². The minimum Gasteiger partial charge on any atom is -0.359 e. The van der Waals surface area contributed by atoms with Crippen LogP contribution < -0.4 is 10.6 Å². The summed E-state index contributed by atoms with van der Waals surface area (Å²) in [7, 11) is 3.62. The van der Waals surface area contributed by atoms with E-state index < -0.39 is 0 Å². The summed E-state index contributed by atoms with van der Waals surface area (Å²) >= 11 is 0. The molecule has 1 aromatic carbocycles. The van der Waals surface area contributed by atoms with E-state index in [9.17, 15) is 9.18 Å². The number of hydrogen-bond donors (Lipinski definition) is 2. The molecule has 3 aliphatic rings. The largest absolute Gasteiger partial charge is 0.359 e. The molecule has 0 radical (unpaired) electrons. The number of rotatable bonds is 8. The Labute approximate surface area is 161 Å². The first kappa shape index (κ1) is 20.2. The fourth-order valence-corrected chi connectivity index (χ4v) is 4.57. The van der Waals surface area contributed by atoms with Crippen molar-refractivity contribution in [3.63, 3.8) is 0 Å². The molecule has 2 N–H and O–H groups in total. The number of nitrogens with one attached hydrogen (secondary N) is 2. The molecule has 1 atom stereocenters. The van der Waals surface area contributed by atoms with Crippen molar-refractivity contribution < 1.29 is 18.7 Å². The molecule has 150 valence electrons. The number of ether oxygens (including phenoxy) is 2. The molecule has 0 heterocycles. The smallest absolute Gasteiger partial charge is 0.220 e. The van der Waals surface area contributed by atoms with Gasteiger partial charge in [-0.3, -0.25) is 4.79 Å². The molecule has 5 nitrogen and oxygen atoms in total. The number of methoxy groups -OCH3 is 1. The third-order valence-corrected chi connectivity index (χ3v) is 6.47. The van der Waals surface area contributed by atoms with Crippen LogP contribution in [-0.2, 0) is 20.7 Å². The van der Waals surface area contributed by atoms with Gasteiger partial charge in [0, 0.05) is 19.1 Å². The third kappa shape index (κ3) is 4.33. The van der Waals surface area contributed by atoms with Gasteiger partial charge in [0.25, 0.3) is 0 Å². The molecule has 1 aromatic rings. The highest BCUT2D eigenvalue weighted by Gasteiger charge is 2.55. The van der Waals surface area contributed by atoms with Gasteiger partial charge in [-0.15, -0.1) is 0 Å². The van der Waals surface area contributed by atoms with Crippen LogP contribution in [0.25, 0.3) is 0 Å². The first-order valence-electron chi connectivity index (χ1n) is 9.77. The van der Waals surface area contributed by atoms with Crippen LogP contribution in [0, 0.1) is 12.7 Å². The third-order valence-electron chi connectivity index (χ3n) is 6.47. The monoisotopic (exact) mass is 378 g/mol. The second-order valence-corrected chi connectivity index (χ2v) is 8.08. The standard InChI is InChI=1S/C21H31FN2O3/c1-15-4-5-16(12-17(15)22)6-7-19(25)24-21-10-8-20(23-2,9-11-21)13-18(21)27-14-26-3/h4-5,12,18,23H,6-11,13-14H2,1-3H3,(H,24,25). The Morgan fingerprint density at radius 2 is 2.04 bits per heavy atom. The molecule has 0 aliphatic heterocycles. The maximum atomic E-state index is 13.7. The van der Waals surface area contributed by atoms with Gasteiger partial charge < -0.3 is 20.1 Å². The number of fused-ring (bicyclic) bond motifs is 3. The zero-order valence-corrected chi connectivity index (χ0v) is 16.6. The first-order chi connectivity index (χ1) is 12.9. The number of aryl methyl sites for hydroxylation is 2. The fourth-order valence-electron chi connectivity index (χ4n) is 4.57. The number of carbonyl (C=O) groups excluding carboxylic acids is 1. The van der Waals surface area contributed by atoms with E-state index in [0.29, 0.717) is 18.4 Å². The average molecular weight is 378 g/mol. The molecule has 3 aliphatic carbocycles. The highest BCUT2D eigenvalue weighted by molar-refractivity contribution is 5.77.